The van der Waals surface area contributed by atoms with Gasteiger partial charge in [-0.2, -0.15) is 0 Å². The van der Waals surface area contributed by atoms with Crippen molar-refractivity contribution in [3.05, 3.63) is 48.0 Å². The molecule has 4 rings (SSSR count). The monoisotopic (exact) mass is 434 g/mol. The van der Waals surface area contributed by atoms with Gasteiger partial charge >= 0.3 is 0 Å². The lowest BCUT2D eigenvalue weighted by atomic mass is 10.1. The van der Waals surface area contributed by atoms with Crippen molar-refractivity contribution in [2.45, 2.75) is 12.2 Å². The lowest BCUT2D eigenvalue weighted by Crippen LogP contribution is -2.52. The van der Waals surface area contributed by atoms with Crippen molar-refractivity contribution in [3.8, 4) is 5.88 Å². The number of ether oxygens (including phenoxy) is 1. The summed E-state index contributed by atoms with van der Waals surface area (Å²) in [6, 6.07) is 6.48. The number of anilines is 1. The summed E-state index contributed by atoms with van der Waals surface area (Å²) in [5.74, 6) is -0.550. The van der Waals surface area contributed by atoms with Crippen LogP contribution in [0.15, 0.2) is 41.1 Å². The SMILES string of the molecule is O=C([C@@H](O)CO)N1CCN(c2ccc(C3=CC(COc4ccon4)ON3)cc2F)CC1. The molecule has 2 atom stereocenters. The Morgan fingerprint density at radius 2 is 2.13 bits per heavy atom. The second kappa shape index (κ2) is 9.33. The van der Waals surface area contributed by atoms with Crippen LogP contribution in [0.25, 0.3) is 5.70 Å². The summed E-state index contributed by atoms with van der Waals surface area (Å²) >= 11 is 0. The van der Waals surface area contributed by atoms with Crippen LogP contribution in [0.5, 0.6) is 5.88 Å². The summed E-state index contributed by atoms with van der Waals surface area (Å²) < 4.78 is 24.9. The largest absolute Gasteiger partial charge is 0.472 e. The Morgan fingerprint density at radius 3 is 2.81 bits per heavy atom. The number of hydroxylamine groups is 1. The van der Waals surface area contributed by atoms with Gasteiger partial charge in [0.05, 0.1) is 18.0 Å². The minimum absolute atomic E-state index is 0.220. The molecule has 10 nitrogen and oxygen atoms in total. The molecular weight excluding hydrogens is 411 g/mol. The molecule has 1 aromatic heterocycles. The third kappa shape index (κ3) is 4.79. The van der Waals surface area contributed by atoms with Crippen LogP contribution in [0.3, 0.4) is 0 Å². The molecule has 31 heavy (non-hydrogen) atoms. The zero-order chi connectivity index (χ0) is 21.8. The number of carbonyl (C=O) groups excluding carboxylic acids is 1. The fourth-order valence-corrected chi connectivity index (χ4v) is 3.46. The number of piperazine rings is 1. The number of aliphatic hydroxyl groups is 2. The molecule has 1 amide bonds. The predicted molar refractivity (Wildman–Crippen MR) is 106 cm³/mol. The zero-order valence-corrected chi connectivity index (χ0v) is 16.6. The molecule has 2 aliphatic rings. The number of amides is 1. The van der Waals surface area contributed by atoms with Crippen molar-refractivity contribution in [3.63, 3.8) is 0 Å². The number of rotatable bonds is 7. The number of hydrogen-bond donors (Lipinski definition) is 3. The van der Waals surface area contributed by atoms with Crippen molar-refractivity contribution in [2.75, 3.05) is 44.3 Å². The van der Waals surface area contributed by atoms with Crippen LogP contribution in [0, 0.1) is 5.82 Å². The van der Waals surface area contributed by atoms with E-state index in [1.807, 2.05) is 4.90 Å². The van der Waals surface area contributed by atoms with Crippen LogP contribution in [-0.4, -0.2) is 77.8 Å². The highest BCUT2D eigenvalue weighted by Crippen LogP contribution is 2.26. The molecule has 0 radical (unpaired) electrons. The number of aliphatic hydroxyl groups excluding tert-OH is 2. The van der Waals surface area contributed by atoms with Gasteiger partial charge in [0.1, 0.15) is 24.8 Å². The zero-order valence-electron chi connectivity index (χ0n) is 16.6. The van der Waals surface area contributed by atoms with Gasteiger partial charge in [-0.05, 0) is 23.4 Å². The molecule has 1 fully saturated rings. The van der Waals surface area contributed by atoms with Crippen LogP contribution in [0.2, 0.25) is 0 Å². The number of nitrogens with zero attached hydrogens (tertiary/aromatic N) is 3. The molecule has 1 unspecified atom stereocenters. The van der Waals surface area contributed by atoms with Gasteiger partial charge in [-0.3, -0.25) is 15.1 Å². The Kier molecular flexibility index (Phi) is 6.35. The summed E-state index contributed by atoms with van der Waals surface area (Å²) in [7, 11) is 0. The first kappa shape index (κ1) is 21.1. The molecular formula is C20H23FN4O6. The normalized spacial score (nSPS) is 19.7. The topological polar surface area (TPSA) is 121 Å². The third-order valence-electron chi connectivity index (χ3n) is 5.13. The van der Waals surface area contributed by atoms with E-state index >= 15 is 0 Å². The van der Waals surface area contributed by atoms with Gasteiger partial charge in [-0.15, -0.1) is 0 Å². The Bertz CT molecular complexity index is 930. The van der Waals surface area contributed by atoms with Crippen LogP contribution in [0.4, 0.5) is 10.1 Å². The Hall–Kier alpha value is -3.15. The number of benzene rings is 1. The maximum atomic E-state index is 14.8. The van der Waals surface area contributed by atoms with Crippen LogP contribution < -0.4 is 15.1 Å². The first-order chi connectivity index (χ1) is 15.0. The van der Waals surface area contributed by atoms with Gasteiger partial charge in [0.25, 0.3) is 11.8 Å². The fraction of sp³-hybridized carbons (Fsp3) is 0.400. The molecule has 1 saturated heterocycles. The Labute approximate surface area is 177 Å². The van der Waals surface area contributed by atoms with Crippen molar-refractivity contribution in [2.24, 2.45) is 0 Å². The van der Waals surface area contributed by atoms with E-state index in [-0.39, 0.29) is 12.7 Å². The van der Waals surface area contributed by atoms with E-state index in [9.17, 15) is 14.3 Å². The summed E-state index contributed by atoms with van der Waals surface area (Å²) in [4.78, 5) is 20.7. The van der Waals surface area contributed by atoms with Crippen molar-refractivity contribution in [1.29, 1.82) is 0 Å². The summed E-state index contributed by atoms with van der Waals surface area (Å²) in [5.41, 5.74) is 4.48. The molecule has 1 aromatic carbocycles. The quantitative estimate of drug-likeness (QED) is 0.559. The highest BCUT2D eigenvalue weighted by atomic mass is 19.1. The van der Waals surface area contributed by atoms with E-state index in [0.717, 1.165) is 0 Å². The van der Waals surface area contributed by atoms with E-state index in [1.54, 1.807) is 24.3 Å². The predicted octanol–water partition coefficient (Wildman–Crippen LogP) is 0.139. The summed E-state index contributed by atoms with van der Waals surface area (Å²) in [6.45, 7) is 1.13. The Balaban J connectivity index is 1.35. The number of carbonyl (C=O) groups is 1. The lowest BCUT2D eigenvalue weighted by Gasteiger charge is -2.36. The highest BCUT2D eigenvalue weighted by Gasteiger charge is 2.27. The molecule has 0 saturated carbocycles. The summed E-state index contributed by atoms with van der Waals surface area (Å²) in [5, 5.41) is 22.1. The van der Waals surface area contributed by atoms with Gasteiger partial charge in [0.2, 0.25) is 0 Å². The molecule has 11 heteroatoms. The van der Waals surface area contributed by atoms with E-state index in [0.29, 0.717) is 49.0 Å². The second-order valence-electron chi connectivity index (χ2n) is 7.16. The van der Waals surface area contributed by atoms with Crippen LogP contribution in [-0.2, 0) is 9.63 Å². The van der Waals surface area contributed by atoms with E-state index in [2.05, 4.69) is 10.6 Å². The van der Waals surface area contributed by atoms with Crippen molar-refractivity contribution in [1.82, 2.24) is 15.5 Å². The van der Waals surface area contributed by atoms with Gasteiger partial charge in [-0.25, -0.2) is 4.39 Å². The molecule has 3 heterocycles. The average Bonchev–Trinajstić information content (AvgIpc) is 3.49. The van der Waals surface area contributed by atoms with Gasteiger partial charge < -0.3 is 29.3 Å². The highest BCUT2D eigenvalue weighted by molar-refractivity contribution is 5.81. The Morgan fingerprint density at radius 1 is 1.32 bits per heavy atom. The van der Waals surface area contributed by atoms with E-state index in [1.165, 1.54) is 17.2 Å². The van der Waals surface area contributed by atoms with Crippen molar-refractivity contribution >= 4 is 17.3 Å². The molecule has 0 bridgehead atoms. The molecule has 3 N–H and O–H groups in total. The second-order valence-corrected chi connectivity index (χ2v) is 7.16. The average molecular weight is 434 g/mol. The molecule has 2 aliphatic heterocycles. The van der Waals surface area contributed by atoms with Gasteiger partial charge in [-0.1, -0.05) is 6.07 Å². The standard InChI is InChI=1S/C20H23FN4O6/c21-15-9-13(16-10-14(31-22-16)12-29-19-3-8-30-23-19)1-2-17(15)24-4-6-25(7-5-24)20(28)18(27)11-26/h1-3,8-10,14,18,22,26-27H,4-7,11-12H2/t14?,18-/m0/s1. The van der Waals surface area contributed by atoms with E-state index < -0.39 is 24.4 Å². The van der Waals surface area contributed by atoms with Gasteiger partial charge in [0, 0.05) is 37.8 Å². The first-order valence-corrected chi connectivity index (χ1v) is 9.84. The summed E-state index contributed by atoms with van der Waals surface area (Å²) in [6.07, 6.45) is 1.42. The molecule has 0 spiro atoms. The number of aromatic nitrogens is 1. The third-order valence-corrected chi connectivity index (χ3v) is 5.13. The number of nitrogens with one attached hydrogen (secondary N) is 1. The minimum atomic E-state index is -1.41. The van der Waals surface area contributed by atoms with Gasteiger partial charge in [0.15, 0.2) is 6.10 Å². The maximum Gasteiger partial charge on any atom is 0.254 e. The number of halogens is 1. The van der Waals surface area contributed by atoms with E-state index in [4.69, 9.17) is 19.2 Å². The molecule has 0 aliphatic carbocycles. The van der Waals surface area contributed by atoms with Crippen LogP contribution in [0.1, 0.15) is 5.56 Å². The number of hydrogen-bond acceptors (Lipinski definition) is 9. The van der Waals surface area contributed by atoms with Crippen molar-refractivity contribution < 1.29 is 33.5 Å². The maximum absolute atomic E-state index is 14.8. The molecule has 2 aromatic rings. The smallest absolute Gasteiger partial charge is 0.254 e. The fourth-order valence-electron chi connectivity index (χ4n) is 3.46. The van der Waals surface area contributed by atoms with Crippen LogP contribution >= 0.6 is 0 Å². The molecule has 166 valence electrons. The minimum Gasteiger partial charge on any atom is -0.472 e. The lowest BCUT2D eigenvalue weighted by molar-refractivity contribution is -0.142. The first-order valence-electron chi connectivity index (χ1n) is 9.84.